The molecule has 0 radical (unpaired) electrons. The van der Waals surface area contributed by atoms with Gasteiger partial charge in [-0.1, -0.05) is 6.92 Å². The predicted octanol–water partition coefficient (Wildman–Crippen LogP) is 2.36. The monoisotopic (exact) mass is 171 g/mol. The molecule has 0 unspecified atom stereocenters. The van der Waals surface area contributed by atoms with Crippen LogP contribution >= 0.6 is 0 Å². The highest BCUT2D eigenvalue weighted by Gasteiger charge is 2.50. The molecule has 70 valence electrons. The van der Waals surface area contributed by atoms with Crippen molar-refractivity contribution in [3.05, 3.63) is 0 Å². The van der Waals surface area contributed by atoms with Crippen LogP contribution in [0, 0.1) is 0 Å². The third-order valence-corrected chi connectivity index (χ3v) is 3.82. The molecular weight excluding hydrogens is 153 g/mol. The van der Waals surface area contributed by atoms with Crippen LogP contribution in [0.1, 0.15) is 39.5 Å². The average Bonchev–Trinajstić information content (AvgIpc) is 2.51. The first-order valence-corrected chi connectivity index (χ1v) is 5.09. The van der Waals surface area contributed by atoms with Crippen molar-refractivity contribution in [2.24, 2.45) is 0 Å². The van der Waals surface area contributed by atoms with E-state index in [-0.39, 0.29) is 5.54 Å². The summed E-state index contributed by atoms with van der Waals surface area (Å²) in [6.07, 6.45) is 3.82. The molecule has 3 atom stereocenters. The van der Waals surface area contributed by atoms with Crippen LogP contribution in [-0.2, 0) is 0 Å². The van der Waals surface area contributed by atoms with Crippen molar-refractivity contribution < 1.29 is 4.39 Å². The van der Waals surface area contributed by atoms with E-state index < -0.39 is 6.17 Å². The highest BCUT2D eigenvalue weighted by molar-refractivity contribution is 5.05. The van der Waals surface area contributed by atoms with Crippen molar-refractivity contribution in [2.45, 2.75) is 57.3 Å². The van der Waals surface area contributed by atoms with Gasteiger partial charge in [-0.05, 0) is 32.6 Å². The molecule has 2 saturated heterocycles. The first-order valence-electron chi connectivity index (χ1n) is 5.09. The lowest BCUT2D eigenvalue weighted by Gasteiger charge is -2.32. The minimum absolute atomic E-state index is 0.249. The zero-order valence-electron chi connectivity index (χ0n) is 8.02. The fraction of sp³-hybridized carbons (Fsp3) is 1.00. The van der Waals surface area contributed by atoms with E-state index in [0.29, 0.717) is 12.6 Å². The van der Waals surface area contributed by atoms with Crippen LogP contribution in [0.3, 0.4) is 0 Å². The van der Waals surface area contributed by atoms with Gasteiger partial charge in [0, 0.05) is 18.1 Å². The van der Waals surface area contributed by atoms with Crippen LogP contribution in [-0.4, -0.2) is 29.2 Å². The van der Waals surface area contributed by atoms with Gasteiger partial charge in [0.1, 0.15) is 6.17 Å². The molecule has 2 heterocycles. The third-order valence-electron chi connectivity index (χ3n) is 3.82. The first-order chi connectivity index (χ1) is 5.68. The van der Waals surface area contributed by atoms with Crippen molar-refractivity contribution >= 4 is 0 Å². The SMILES string of the molecule is CC[C@]12CC[C@@H](C)N1C[C@@H](F)C2. The van der Waals surface area contributed by atoms with Crippen molar-refractivity contribution in [2.75, 3.05) is 6.54 Å². The summed E-state index contributed by atoms with van der Waals surface area (Å²) in [5.74, 6) is 0. The standard InChI is InChI=1S/C10H18FN/c1-3-10-5-4-8(2)12(10)7-9(11)6-10/h8-9H,3-7H2,1-2H3/t8-,9+,10-/m1/s1. The fourth-order valence-corrected chi connectivity index (χ4v) is 3.05. The Morgan fingerprint density at radius 2 is 2.33 bits per heavy atom. The normalized spacial score (nSPS) is 48.2. The summed E-state index contributed by atoms with van der Waals surface area (Å²) in [6.45, 7) is 5.12. The van der Waals surface area contributed by atoms with E-state index in [4.69, 9.17) is 0 Å². The molecule has 0 aliphatic carbocycles. The number of rotatable bonds is 1. The Bertz CT molecular complexity index is 183. The third kappa shape index (κ3) is 1.00. The molecule has 0 saturated carbocycles. The number of halogens is 1. The molecule has 0 aromatic rings. The average molecular weight is 171 g/mol. The van der Waals surface area contributed by atoms with Crippen LogP contribution in [0.5, 0.6) is 0 Å². The van der Waals surface area contributed by atoms with Gasteiger partial charge in [0.05, 0.1) is 0 Å². The summed E-state index contributed by atoms with van der Waals surface area (Å²) in [7, 11) is 0. The van der Waals surface area contributed by atoms with Crippen LogP contribution in [0.2, 0.25) is 0 Å². The molecule has 2 rings (SSSR count). The molecule has 2 heteroatoms. The Morgan fingerprint density at radius 1 is 1.58 bits per heavy atom. The van der Waals surface area contributed by atoms with Crippen molar-refractivity contribution in [3.8, 4) is 0 Å². The molecule has 0 aromatic heterocycles. The number of fused-ring (bicyclic) bond motifs is 1. The number of alkyl halides is 1. The lowest BCUT2D eigenvalue weighted by Crippen LogP contribution is -2.40. The Kier molecular flexibility index (Phi) is 1.90. The molecule has 2 aliphatic heterocycles. The summed E-state index contributed by atoms with van der Waals surface area (Å²) in [5.41, 5.74) is 0.249. The molecule has 0 bridgehead atoms. The van der Waals surface area contributed by atoms with Crippen molar-refractivity contribution in [3.63, 3.8) is 0 Å². The van der Waals surface area contributed by atoms with Gasteiger partial charge in [0.15, 0.2) is 0 Å². The topological polar surface area (TPSA) is 3.24 Å². The maximum absolute atomic E-state index is 13.2. The summed E-state index contributed by atoms with van der Waals surface area (Å²) in [4.78, 5) is 2.40. The van der Waals surface area contributed by atoms with Gasteiger partial charge in [-0.15, -0.1) is 0 Å². The first kappa shape index (κ1) is 8.49. The molecule has 0 aromatic carbocycles. The van der Waals surface area contributed by atoms with E-state index in [0.717, 1.165) is 12.8 Å². The predicted molar refractivity (Wildman–Crippen MR) is 47.9 cm³/mol. The summed E-state index contributed by atoms with van der Waals surface area (Å²) in [5, 5.41) is 0. The minimum Gasteiger partial charge on any atom is -0.292 e. The molecule has 1 nitrogen and oxygen atoms in total. The Morgan fingerprint density at radius 3 is 2.92 bits per heavy atom. The molecule has 0 spiro atoms. The highest BCUT2D eigenvalue weighted by Crippen LogP contribution is 2.45. The molecule has 12 heavy (non-hydrogen) atoms. The maximum Gasteiger partial charge on any atom is 0.115 e. The molecule has 0 amide bonds. The van der Waals surface area contributed by atoms with Crippen molar-refractivity contribution in [1.82, 2.24) is 4.90 Å². The van der Waals surface area contributed by atoms with E-state index in [2.05, 4.69) is 18.7 Å². The lowest BCUT2D eigenvalue weighted by molar-refractivity contribution is 0.152. The van der Waals surface area contributed by atoms with Crippen LogP contribution in [0.15, 0.2) is 0 Å². The van der Waals surface area contributed by atoms with Gasteiger partial charge in [-0.3, -0.25) is 4.90 Å². The van der Waals surface area contributed by atoms with Crippen LogP contribution in [0.25, 0.3) is 0 Å². The van der Waals surface area contributed by atoms with Gasteiger partial charge in [0.25, 0.3) is 0 Å². The summed E-state index contributed by atoms with van der Waals surface area (Å²) in [6, 6.07) is 0.616. The number of hydrogen-bond acceptors (Lipinski definition) is 1. The Hall–Kier alpha value is -0.110. The number of nitrogens with zero attached hydrogens (tertiary/aromatic N) is 1. The summed E-state index contributed by atoms with van der Waals surface area (Å²) < 4.78 is 13.2. The van der Waals surface area contributed by atoms with Gasteiger partial charge < -0.3 is 0 Å². The quantitative estimate of drug-likeness (QED) is 0.585. The van der Waals surface area contributed by atoms with Gasteiger partial charge in [0.2, 0.25) is 0 Å². The van der Waals surface area contributed by atoms with Gasteiger partial charge in [-0.25, -0.2) is 4.39 Å². The zero-order chi connectivity index (χ0) is 8.77. The second-order valence-electron chi connectivity index (χ2n) is 4.42. The minimum atomic E-state index is -0.562. The van der Waals surface area contributed by atoms with E-state index >= 15 is 0 Å². The number of hydrogen-bond donors (Lipinski definition) is 0. The summed E-state index contributed by atoms with van der Waals surface area (Å²) >= 11 is 0. The molecule has 2 aliphatic rings. The van der Waals surface area contributed by atoms with Crippen molar-refractivity contribution in [1.29, 1.82) is 0 Å². The van der Waals surface area contributed by atoms with Crippen LogP contribution < -0.4 is 0 Å². The zero-order valence-corrected chi connectivity index (χ0v) is 8.02. The smallest absolute Gasteiger partial charge is 0.115 e. The highest BCUT2D eigenvalue weighted by atomic mass is 19.1. The van der Waals surface area contributed by atoms with E-state index in [1.807, 2.05) is 0 Å². The Balaban J connectivity index is 2.19. The van der Waals surface area contributed by atoms with E-state index in [9.17, 15) is 4.39 Å². The maximum atomic E-state index is 13.2. The fourth-order valence-electron chi connectivity index (χ4n) is 3.05. The largest absolute Gasteiger partial charge is 0.292 e. The second kappa shape index (κ2) is 2.69. The molecule has 0 N–H and O–H groups in total. The molecular formula is C10H18FN. The van der Waals surface area contributed by atoms with E-state index in [1.54, 1.807) is 0 Å². The second-order valence-corrected chi connectivity index (χ2v) is 4.42. The van der Waals surface area contributed by atoms with Gasteiger partial charge in [-0.2, -0.15) is 0 Å². The lowest BCUT2D eigenvalue weighted by atomic mass is 9.91. The van der Waals surface area contributed by atoms with E-state index in [1.165, 1.54) is 12.8 Å². The molecule has 2 fully saturated rings. The van der Waals surface area contributed by atoms with Gasteiger partial charge >= 0.3 is 0 Å². The Labute approximate surface area is 73.9 Å². The van der Waals surface area contributed by atoms with Crippen LogP contribution in [0.4, 0.5) is 4.39 Å².